The summed E-state index contributed by atoms with van der Waals surface area (Å²) in [5.41, 5.74) is 1.20. The summed E-state index contributed by atoms with van der Waals surface area (Å²) in [6.07, 6.45) is 3.61. The normalized spacial score (nSPS) is 18.9. The van der Waals surface area contributed by atoms with Crippen molar-refractivity contribution < 1.29 is 28.5 Å². The molecule has 252 valence electrons. The van der Waals surface area contributed by atoms with Gasteiger partial charge in [0.1, 0.15) is 23.1 Å². The van der Waals surface area contributed by atoms with Crippen molar-refractivity contribution in [2.75, 3.05) is 58.5 Å². The number of hydrogen-bond acceptors (Lipinski definition) is 11. The Morgan fingerprint density at radius 1 is 1.09 bits per heavy atom. The molecule has 12 heteroatoms. The summed E-state index contributed by atoms with van der Waals surface area (Å²) in [5.74, 6) is 0.659. The van der Waals surface area contributed by atoms with E-state index in [1.54, 1.807) is 31.2 Å². The molecule has 47 heavy (non-hydrogen) atoms. The number of aromatic nitrogens is 2. The van der Waals surface area contributed by atoms with Crippen LogP contribution in [0.25, 0.3) is 33.0 Å². The molecule has 0 amide bonds. The predicted octanol–water partition coefficient (Wildman–Crippen LogP) is 5.35. The smallest absolute Gasteiger partial charge is 0.349 e. The van der Waals surface area contributed by atoms with Crippen LogP contribution >= 0.6 is 0 Å². The van der Waals surface area contributed by atoms with Crippen LogP contribution in [0.1, 0.15) is 50.7 Å². The number of alkyl halides is 1. The van der Waals surface area contributed by atoms with Gasteiger partial charge in [-0.2, -0.15) is 15.2 Å². The third-order valence-electron chi connectivity index (χ3n) is 8.45. The van der Waals surface area contributed by atoms with Crippen LogP contribution in [0.5, 0.6) is 11.8 Å². The Morgan fingerprint density at radius 2 is 1.87 bits per heavy atom. The fourth-order valence-electron chi connectivity index (χ4n) is 6.46. The third kappa shape index (κ3) is 7.64. The molecule has 2 atom stereocenters. The average Bonchev–Trinajstić information content (AvgIpc) is 3.56. The van der Waals surface area contributed by atoms with Crippen LogP contribution < -0.4 is 15.3 Å². The fraction of sp³-hybridized carbons (Fsp3) is 0.486. The van der Waals surface area contributed by atoms with E-state index >= 15 is 0 Å². The van der Waals surface area contributed by atoms with Crippen LogP contribution in [0, 0.1) is 18.3 Å². The first kappa shape index (κ1) is 35.5. The first-order valence-corrected chi connectivity index (χ1v) is 16.1. The quantitative estimate of drug-likeness (QED) is 0.296. The molecule has 2 aromatic carbocycles. The standard InChI is InChI=1S/C25H22N4O5.C7H12FN.C2H6.CH4O/c1-14-21-20(23(28-25(27-21)32-2)29-7-4-9-33-10-8-29)24(31)34-22(14)18-12-17(30)11-15-5-3-6-16(13-26)19(15)18;8-6-4-7-2-1-3-9(7)5-6;2*1-2/h3,5-6,11-12,30H,4,7-10H2,1-2H3;6-7H,1-5H2;1-2H3;2H,1H3. The highest BCUT2D eigenvalue weighted by Gasteiger charge is 2.34. The number of phenols is 1. The number of fused-ring (bicyclic) bond motifs is 3. The molecule has 2 aromatic heterocycles. The maximum Gasteiger partial charge on any atom is 0.349 e. The lowest BCUT2D eigenvalue weighted by atomic mass is 9.95. The van der Waals surface area contributed by atoms with Gasteiger partial charge in [0.05, 0.1) is 30.9 Å². The van der Waals surface area contributed by atoms with Crippen LogP contribution in [0.15, 0.2) is 39.5 Å². The Bertz CT molecular complexity index is 1750. The van der Waals surface area contributed by atoms with Crippen molar-refractivity contribution in [2.24, 2.45) is 0 Å². The minimum absolute atomic E-state index is 0.00902. The van der Waals surface area contributed by atoms with Crippen LogP contribution in [0.4, 0.5) is 10.2 Å². The number of aromatic hydroxyl groups is 1. The van der Waals surface area contributed by atoms with E-state index in [9.17, 15) is 19.6 Å². The first-order valence-electron chi connectivity index (χ1n) is 16.1. The van der Waals surface area contributed by atoms with Crippen molar-refractivity contribution in [1.29, 1.82) is 5.26 Å². The molecule has 2 unspecified atom stereocenters. The van der Waals surface area contributed by atoms with Gasteiger partial charge in [-0.15, -0.1) is 0 Å². The number of nitrogens with zero attached hydrogens (tertiary/aromatic N) is 5. The highest BCUT2D eigenvalue weighted by Crippen LogP contribution is 2.38. The number of rotatable bonds is 3. The highest BCUT2D eigenvalue weighted by molar-refractivity contribution is 6.03. The number of nitriles is 1. The number of aliphatic hydroxyl groups excluding tert-OH is 1. The topological polar surface area (TPSA) is 145 Å². The number of aryl methyl sites for hydroxylation is 1. The summed E-state index contributed by atoms with van der Waals surface area (Å²) in [5, 5.41) is 28.5. The van der Waals surface area contributed by atoms with Crippen molar-refractivity contribution in [1.82, 2.24) is 14.9 Å². The summed E-state index contributed by atoms with van der Waals surface area (Å²) >= 11 is 0. The lowest BCUT2D eigenvalue weighted by molar-refractivity contribution is 0.152. The van der Waals surface area contributed by atoms with Gasteiger partial charge < -0.3 is 29.0 Å². The monoisotopic (exact) mass is 649 g/mol. The van der Waals surface area contributed by atoms with Crippen LogP contribution in [-0.2, 0) is 4.74 Å². The van der Waals surface area contributed by atoms with E-state index in [0.29, 0.717) is 77.7 Å². The summed E-state index contributed by atoms with van der Waals surface area (Å²) < 4.78 is 29.4. The van der Waals surface area contributed by atoms with E-state index in [1.165, 1.54) is 26.0 Å². The predicted molar refractivity (Wildman–Crippen MR) is 180 cm³/mol. The van der Waals surface area contributed by atoms with E-state index < -0.39 is 11.8 Å². The van der Waals surface area contributed by atoms with E-state index in [4.69, 9.17) is 19.0 Å². The molecule has 3 saturated heterocycles. The molecule has 0 radical (unpaired) electrons. The van der Waals surface area contributed by atoms with E-state index in [0.717, 1.165) is 26.5 Å². The van der Waals surface area contributed by atoms with Gasteiger partial charge >= 0.3 is 11.6 Å². The van der Waals surface area contributed by atoms with Gasteiger partial charge in [0, 0.05) is 55.9 Å². The molecule has 7 rings (SSSR count). The molecule has 3 aliphatic heterocycles. The van der Waals surface area contributed by atoms with Crippen molar-refractivity contribution in [2.45, 2.75) is 58.7 Å². The molecule has 2 N–H and O–H groups in total. The number of anilines is 1. The van der Waals surface area contributed by atoms with Crippen LogP contribution in [0.3, 0.4) is 0 Å². The number of halogens is 1. The molecule has 3 aliphatic rings. The molecular weight excluding hydrogens is 605 g/mol. The van der Waals surface area contributed by atoms with Gasteiger partial charge in [0.25, 0.3) is 0 Å². The second-order valence-corrected chi connectivity index (χ2v) is 11.2. The van der Waals surface area contributed by atoms with Gasteiger partial charge in [0.15, 0.2) is 5.82 Å². The molecular formula is C35H44FN5O6. The molecule has 4 aromatic rings. The molecule has 0 bridgehead atoms. The zero-order chi connectivity index (χ0) is 34.1. The molecule has 3 fully saturated rings. The minimum atomic E-state index is -0.607. The third-order valence-corrected chi connectivity index (χ3v) is 8.45. The summed E-state index contributed by atoms with van der Waals surface area (Å²) in [6, 6.07) is 11.2. The average molecular weight is 650 g/mol. The van der Waals surface area contributed by atoms with Crippen molar-refractivity contribution in [3.63, 3.8) is 0 Å². The fourth-order valence-corrected chi connectivity index (χ4v) is 6.46. The maximum absolute atomic E-state index is 13.4. The summed E-state index contributed by atoms with van der Waals surface area (Å²) in [4.78, 5) is 26.6. The maximum atomic E-state index is 13.4. The second-order valence-electron chi connectivity index (χ2n) is 11.2. The number of ether oxygens (including phenoxy) is 2. The van der Waals surface area contributed by atoms with Crippen LogP contribution in [0.2, 0.25) is 0 Å². The van der Waals surface area contributed by atoms with Crippen molar-refractivity contribution in [3.8, 4) is 29.2 Å². The second kappa shape index (κ2) is 16.5. The Kier molecular flexibility index (Phi) is 12.5. The molecule has 0 saturated carbocycles. The Hall–Kier alpha value is -4.31. The van der Waals surface area contributed by atoms with Crippen LogP contribution in [-0.4, -0.2) is 90.9 Å². The number of benzene rings is 2. The largest absolute Gasteiger partial charge is 0.508 e. The Labute approximate surface area is 274 Å². The number of hydrogen-bond donors (Lipinski definition) is 2. The van der Waals surface area contributed by atoms with E-state index in [-0.39, 0.29) is 22.9 Å². The van der Waals surface area contributed by atoms with Gasteiger partial charge in [-0.25, -0.2) is 9.18 Å². The zero-order valence-electron chi connectivity index (χ0n) is 27.8. The van der Waals surface area contributed by atoms with Gasteiger partial charge in [-0.05, 0) is 62.7 Å². The van der Waals surface area contributed by atoms with Gasteiger partial charge in [-0.3, -0.25) is 4.90 Å². The lowest BCUT2D eigenvalue weighted by Gasteiger charge is -2.22. The van der Waals surface area contributed by atoms with Gasteiger partial charge in [0.2, 0.25) is 0 Å². The SMILES string of the molecule is CC.CO.COc1nc(N2CCCOCC2)c2c(=O)oc(-c3cc(O)cc4cccc(C#N)c34)c(C)c2n1.FC1CC2CCCN2C1. The van der Waals surface area contributed by atoms with Crippen molar-refractivity contribution >= 4 is 27.5 Å². The molecule has 0 spiro atoms. The molecule has 5 heterocycles. The Morgan fingerprint density at radius 3 is 2.60 bits per heavy atom. The van der Waals surface area contributed by atoms with Crippen molar-refractivity contribution in [3.05, 3.63) is 51.9 Å². The number of methoxy groups -OCH3 is 1. The molecule has 0 aliphatic carbocycles. The zero-order valence-corrected chi connectivity index (χ0v) is 27.8. The molecule has 11 nitrogen and oxygen atoms in total. The number of aliphatic hydroxyl groups is 1. The van der Waals surface area contributed by atoms with E-state index in [2.05, 4.69) is 20.9 Å². The first-order chi connectivity index (χ1) is 22.9. The Balaban J connectivity index is 0.000000323. The highest BCUT2D eigenvalue weighted by atomic mass is 19.1. The summed E-state index contributed by atoms with van der Waals surface area (Å²) in [7, 11) is 2.47. The lowest BCUT2D eigenvalue weighted by Crippen LogP contribution is -2.28. The van der Waals surface area contributed by atoms with E-state index in [1.807, 2.05) is 18.7 Å². The minimum Gasteiger partial charge on any atom is -0.508 e. The number of phenolic OH excluding ortho intramolecular Hbond substituents is 1. The van der Waals surface area contributed by atoms with Gasteiger partial charge in [-0.1, -0.05) is 26.0 Å². The summed E-state index contributed by atoms with van der Waals surface area (Å²) in [6.45, 7) is 10.0.